The molecule has 0 bridgehead atoms. The van der Waals surface area contributed by atoms with Gasteiger partial charge in [-0.25, -0.2) is 4.79 Å². The van der Waals surface area contributed by atoms with Crippen molar-refractivity contribution in [3.8, 4) is 0 Å². The van der Waals surface area contributed by atoms with Gasteiger partial charge >= 0.3 is 5.97 Å². The number of benzene rings is 1. The number of furan rings is 1. The molecule has 1 N–H and O–H groups in total. The fraction of sp³-hybridized carbons (Fsp3) is 0.211. The predicted molar refractivity (Wildman–Crippen MR) is 102 cm³/mol. The largest absolute Gasteiger partial charge is 0.462 e. The molecule has 0 atom stereocenters. The number of carbonyl (C=O) groups is 3. The van der Waals surface area contributed by atoms with Gasteiger partial charge < -0.3 is 14.5 Å². The number of rotatable bonds is 6. The quantitative estimate of drug-likeness (QED) is 0.595. The lowest BCUT2D eigenvalue weighted by atomic mass is 10.2. The number of anilines is 1. The van der Waals surface area contributed by atoms with Crippen LogP contribution in [0.4, 0.5) is 10.5 Å². The SMILES string of the molecule is CCOC(=O)c1ccc(NCN2C(=O)SC(=Cc3ccc(C)o3)C2=O)cc1. The fourth-order valence-corrected chi connectivity index (χ4v) is 3.22. The molecule has 7 nitrogen and oxygen atoms in total. The second kappa shape index (κ2) is 8.13. The number of amides is 2. The number of hydrogen-bond acceptors (Lipinski definition) is 7. The molecule has 0 aliphatic carbocycles. The number of imide groups is 1. The van der Waals surface area contributed by atoms with E-state index in [9.17, 15) is 14.4 Å². The Morgan fingerprint density at radius 3 is 2.59 bits per heavy atom. The number of carbonyl (C=O) groups excluding carboxylic acids is 3. The number of thioether (sulfide) groups is 1. The van der Waals surface area contributed by atoms with Gasteiger partial charge in [-0.15, -0.1) is 0 Å². The first kappa shape index (κ1) is 18.8. The van der Waals surface area contributed by atoms with E-state index in [2.05, 4.69) is 5.32 Å². The van der Waals surface area contributed by atoms with Gasteiger partial charge in [0.1, 0.15) is 11.5 Å². The molecule has 0 spiro atoms. The van der Waals surface area contributed by atoms with Gasteiger partial charge in [-0.05, 0) is 62.0 Å². The number of ether oxygens (including phenoxy) is 1. The Balaban J connectivity index is 1.62. The summed E-state index contributed by atoms with van der Waals surface area (Å²) in [6, 6.07) is 10.1. The van der Waals surface area contributed by atoms with Crippen molar-refractivity contribution in [1.82, 2.24) is 4.90 Å². The molecule has 0 radical (unpaired) electrons. The third kappa shape index (κ3) is 4.40. The van der Waals surface area contributed by atoms with E-state index in [1.165, 1.54) is 0 Å². The lowest BCUT2D eigenvalue weighted by Gasteiger charge is -2.14. The average molecular weight is 386 g/mol. The van der Waals surface area contributed by atoms with Crippen molar-refractivity contribution in [3.63, 3.8) is 0 Å². The molecular formula is C19H18N2O5S. The van der Waals surface area contributed by atoms with Crippen LogP contribution in [0, 0.1) is 6.92 Å². The van der Waals surface area contributed by atoms with Gasteiger partial charge in [0.15, 0.2) is 0 Å². The molecule has 2 heterocycles. The average Bonchev–Trinajstić information content (AvgIpc) is 3.17. The number of aryl methyl sites for hydroxylation is 1. The van der Waals surface area contributed by atoms with Gasteiger partial charge in [-0.1, -0.05) is 0 Å². The van der Waals surface area contributed by atoms with Gasteiger partial charge in [-0.2, -0.15) is 0 Å². The highest BCUT2D eigenvalue weighted by Gasteiger charge is 2.35. The Kier molecular flexibility index (Phi) is 5.66. The smallest absolute Gasteiger partial charge is 0.338 e. The molecule has 0 unspecified atom stereocenters. The van der Waals surface area contributed by atoms with E-state index in [0.29, 0.717) is 28.5 Å². The first-order valence-electron chi connectivity index (χ1n) is 8.31. The lowest BCUT2D eigenvalue weighted by molar-refractivity contribution is -0.122. The molecule has 1 fully saturated rings. The van der Waals surface area contributed by atoms with Crippen LogP contribution in [0.1, 0.15) is 28.8 Å². The summed E-state index contributed by atoms with van der Waals surface area (Å²) in [7, 11) is 0. The molecule has 0 saturated carbocycles. The molecule has 27 heavy (non-hydrogen) atoms. The summed E-state index contributed by atoms with van der Waals surface area (Å²) in [4.78, 5) is 37.6. The van der Waals surface area contributed by atoms with E-state index in [1.54, 1.807) is 56.3 Å². The zero-order valence-corrected chi connectivity index (χ0v) is 15.7. The van der Waals surface area contributed by atoms with Crippen LogP contribution >= 0.6 is 11.8 Å². The summed E-state index contributed by atoms with van der Waals surface area (Å²) >= 11 is 0.870. The van der Waals surface area contributed by atoms with Crippen molar-refractivity contribution in [2.75, 3.05) is 18.6 Å². The molecule has 2 aromatic rings. The third-order valence-electron chi connectivity index (χ3n) is 3.75. The first-order valence-corrected chi connectivity index (χ1v) is 9.12. The highest BCUT2D eigenvalue weighted by Crippen LogP contribution is 2.32. The van der Waals surface area contributed by atoms with E-state index in [4.69, 9.17) is 9.15 Å². The highest BCUT2D eigenvalue weighted by atomic mass is 32.2. The summed E-state index contributed by atoms with van der Waals surface area (Å²) in [5, 5.41) is 2.65. The summed E-state index contributed by atoms with van der Waals surface area (Å²) in [6.45, 7) is 3.88. The first-order chi connectivity index (χ1) is 13.0. The third-order valence-corrected chi connectivity index (χ3v) is 4.65. The van der Waals surface area contributed by atoms with E-state index >= 15 is 0 Å². The van der Waals surface area contributed by atoms with Gasteiger partial charge in [0.2, 0.25) is 0 Å². The minimum Gasteiger partial charge on any atom is -0.462 e. The molecule has 2 amide bonds. The molecule has 140 valence electrons. The van der Waals surface area contributed by atoms with Crippen LogP contribution in [-0.4, -0.2) is 35.3 Å². The minimum absolute atomic E-state index is 0.0257. The normalized spacial score (nSPS) is 15.5. The Morgan fingerprint density at radius 2 is 1.96 bits per heavy atom. The maximum atomic E-state index is 12.4. The van der Waals surface area contributed by atoms with E-state index in [0.717, 1.165) is 22.4 Å². The Bertz CT molecular complexity index is 901. The summed E-state index contributed by atoms with van der Waals surface area (Å²) in [5.74, 6) is 0.483. The number of hydrogen-bond donors (Lipinski definition) is 1. The van der Waals surface area contributed by atoms with Crippen LogP contribution in [0.2, 0.25) is 0 Å². The van der Waals surface area contributed by atoms with Crippen LogP contribution in [-0.2, 0) is 9.53 Å². The second-order valence-electron chi connectivity index (χ2n) is 5.69. The molecule has 1 aliphatic heterocycles. The topological polar surface area (TPSA) is 88.8 Å². The second-order valence-corrected chi connectivity index (χ2v) is 6.68. The molecule has 1 saturated heterocycles. The van der Waals surface area contributed by atoms with Crippen molar-refractivity contribution in [1.29, 1.82) is 0 Å². The summed E-state index contributed by atoms with van der Waals surface area (Å²) in [5.41, 5.74) is 1.11. The molecule has 3 rings (SSSR count). The minimum atomic E-state index is -0.395. The Labute approximate surface area is 160 Å². The summed E-state index contributed by atoms with van der Waals surface area (Å²) in [6.07, 6.45) is 1.56. The van der Waals surface area contributed by atoms with Crippen molar-refractivity contribution in [2.24, 2.45) is 0 Å². The van der Waals surface area contributed by atoms with Crippen LogP contribution in [0.3, 0.4) is 0 Å². The number of esters is 1. The molecule has 1 aliphatic rings. The fourth-order valence-electron chi connectivity index (χ4n) is 2.41. The Hall–Kier alpha value is -3.00. The van der Waals surface area contributed by atoms with Crippen molar-refractivity contribution >= 4 is 40.6 Å². The number of nitrogens with zero attached hydrogens (tertiary/aromatic N) is 1. The standard InChI is InChI=1S/C19H18N2O5S/c1-3-25-18(23)13-5-7-14(8-6-13)20-11-21-17(22)16(27-19(21)24)10-15-9-4-12(2)26-15/h4-10,20H,3,11H2,1-2H3. The van der Waals surface area contributed by atoms with Crippen LogP contribution < -0.4 is 5.32 Å². The van der Waals surface area contributed by atoms with Crippen LogP contribution in [0.5, 0.6) is 0 Å². The van der Waals surface area contributed by atoms with Crippen molar-refractivity contribution in [3.05, 3.63) is 58.4 Å². The Morgan fingerprint density at radius 1 is 1.22 bits per heavy atom. The maximum Gasteiger partial charge on any atom is 0.338 e. The molecule has 1 aromatic carbocycles. The molecular weight excluding hydrogens is 368 g/mol. The van der Waals surface area contributed by atoms with Crippen molar-refractivity contribution < 1.29 is 23.5 Å². The zero-order chi connectivity index (χ0) is 19.4. The zero-order valence-electron chi connectivity index (χ0n) is 14.9. The van der Waals surface area contributed by atoms with E-state index in [1.807, 2.05) is 0 Å². The lowest BCUT2D eigenvalue weighted by Crippen LogP contribution is -2.33. The van der Waals surface area contributed by atoms with Gasteiger partial charge in [0.05, 0.1) is 23.7 Å². The van der Waals surface area contributed by atoms with Gasteiger partial charge in [-0.3, -0.25) is 14.5 Å². The monoisotopic (exact) mass is 386 g/mol. The van der Waals surface area contributed by atoms with E-state index in [-0.39, 0.29) is 17.8 Å². The molecule has 8 heteroatoms. The molecule has 1 aromatic heterocycles. The van der Waals surface area contributed by atoms with Gasteiger partial charge in [0, 0.05) is 11.8 Å². The predicted octanol–water partition coefficient (Wildman–Crippen LogP) is 3.87. The highest BCUT2D eigenvalue weighted by molar-refractivity contribution is 8.18. The van der Waals surface area contributed by atoms with Crippen LogP contribution in [0.15, 0.2) is 45.7 Å². The maximum absolute atomic E-state index is 12.4. The van der Waals surface area contributed by atoms with Gasteiger partial charge in [0.25, 0.3) is 11.1 Å². The van der Waals surface area contributed by atoms with Crippen molar-refractivity contribution in [2.45, 2.75) is 13.8 Å². The van der Waals surface area contributed by atoms with Crippen LogP contribution in [0.25, 0.3) is 6.08 Å². The van der Waals surface area contributed by atoms with E-state index < -0.39 is 5.97 Å². The number of nitrogens with one attached hydrogen (secondary N) is 1. The summed E-state index contributed by atoms with van der Waals surface area (Å²) < 4.78 is 10.3.